The van der Waals surface area contributed by atoms with Crippen molar-refractivity contribution in [3.8, 4) is 39.6 Å². The van der Waals surface area contributed by atoms with Gasteiger partial charge in [-0.05, 0) is 55.7 Å². The van der Waals surface area contributed by atoms with Crippen LogP contribution >= 0.6 is 0 Å². The Morgan fingerprint density at radius 2 is 1.32 bits per heavy atom. The predicted octanol–water partition coefficient (Wildman–Crippen LogP) is 7.54. The lowest BCUT2D eigenvalue weighted by Gasteiger charge is -2.14. The molecule has 6 rings (SSSR count). The second-order valence-electron chi connectivity index (χ2n) is 8.72. The molecule has 0 aliphatic heterocycles. The maximum absolute atomic E-state index is 5.00. The lowest BCUT2D eigenvalue weighted by Crippen LogP contribution is -2.02. The second kappa shape index (κ2) is 8.60. The Hall–Kier alpha value is -4.24. The van der Waals surface area contributed by atoms with Gasteiger partial charge in [-0.15, -0.1) is 0 Å². The highest BCUT2D eigenvalue weighted by molar-refractivity contribution is 5.72. The normalized spacial score (nSPS) is 12.5. The molecular formula is C31H25N3. The van der Waals surface area contributed by atoms with E-state index in [9.17, 15) is 0 Å². The molecule has 0 N–H and O–H groups in total. The van der Waals surface area contributed by atoms with E-state index in [1.165, 1.54) is 17.0 Å². The van der Waals surface area contributed by atoms with Crippen LogP contribution in [0.25, 0.3) is 45.7 Å². The predicted molar refractivity (Wildman–Crippen MR) is 140 cm³/mol. The van der Waals surface area contributed by atoms with Gasteiger partial charge in [0.05, 0.1) is 11.4 Å². The van der Waals surface area contributed by atoms with Crippen LogP contribution in [-0.2, 0) is 6.42 Å². The topological polar surface area (TPSA) is 30.7 Å². The number of fused-ring (bicyclic) bond motifs is 1. The molecule has 5 aromatic rings. The first-order valence-electron chi connectivity index (χ1n) is 11.7. The molecule has 2 aromatic heterocycles. The lowest BCUT2D eigenvalue weighted by atomic mass is 10.0. The molecule has 0 spiro atoms. The zero-order valence-electron chi connectivity index (χ0n) is 19.1. The van der Waals surface area contributed by atoms with Gasteiger partial charge in [-0.1, -0.05) is 78.9 Å². The number of rotatable bonds is 4. The van der Waals surface area contributed by atoms with Crippen LogP contribution in [-0.4, -0.2) is 14.5 Å². The monoisotopic (exact) mass is 439 g/mol. The zero-order valence-corrected chi connectivity index (χ0v) is 19.1. The van der Waals surface area contributed by atoms with Crippen molar-refractivity contribution in [2.45, 2.75) is 19.8 Å². The van der Waals surface area contributed by atoms with Crippen LogP contribution in [0.3, 0.4) is 0 Å². The van der Waals surface area contributed by atoms with E-state index in [4.69, 9.17) is 9.97 Å². The van der Waals surface area contributed by atoms with Gasteiger partial charge in [0, 0.05) is 33.8 Å². The molecule has 164 valence electrons. The third kappa shape index (κ3) is 3.75. The molecule has 3 aromatic carbocycles. The Balaban J connectivity index is 1.51. The number of benzene rings is 3. The maximum Gasteiger partial charge on any atom is 0.160 e. The summed E-state index contributed by atoms with van der Waals surface area (Å²) in [6, 6.07) is 33.6. The molecule has 0 atom stereocenters. The van der Waals surface area contributed by atoms with Crippen molar-refractivity contribution >= 4 is 6.08 Å². The molecule has 1 aliphatic rings. The minimum absolute atomic E-state index is 0.733. The molecule has 0 fully saturated rings. The second-order valence-corrected chi connectivity index (χ2v) is 8.72. The molecule has 2 heterocycles. The van der Waals surface area contributed by atoms with E-state index in [0.717, 1.165) is 52.4 Å². The number of nitrogens with zero attached hydrogens (tertiary/aromatic N) is 3. The molecule has 0 radical (unpaired) electrons. The summed E-state index contributed by atoms with van der Waals surface area (Å²) in [5, 5.41) is 0. The van der Waals surface area contributed by atoms with Gasteiger partial charge < -0.3 is 4.57 Å². The minimum atomic E-state index is 0.733. The first kappa shape index (κ1) is 20.4. The van der Waals surface area contributed by atoms with Crippen LogP contribution in [0.4, 0.5) is 0 Å². The minimum Gasteiger partial charge on any atom is -0.314 e. The molecule has 0 unspecified atom stereocenters. The molecule has 34 heavy (non-hydrogen) atoms. The highest BCUT2D eigenvalue weighted by atomic mass is 15.0. The summed E-state index contributed by atoms with van der Waals surface area (Å²) >= 11 is 0. The summed E-state index contributed by atoms with van der Waals surface area (Å²) in [5.41, 5.74) is 10.1. The van der Waals surface area contributed by atoms with E-state index in [-0.39, 0.29) is 0 Å². The van der Waals surface area contributed by atoms with Gasteiger partial charge in [-0.3, -0.25) is 0 Å². The SMILES string of the molecule is Cc1cc2c(n1-c1cccc(-c3nc(-c4ccccc4)cc(-c4ccccc4)n3)c1)C=CCC2. The largest absolute Gasteiger partial charge is 0.314 e. The van der Waals surface area contributed by atoms with Crippen LogP contribution in [0.5, 0.6) is 0 Å². The summed E-state index contributed by atoms with van der Waals surface area (Å²) in [7, 11) is 0. The van der Waals surface area contributed by atoms with Gasteiger partial charge in [0.15, 0.2) is 5.82 Å². The van der Waals surface area contributed by atoms with E-state index in [1.54, 1.807) is 0 Å². The van der Waals surface area contributed by atoms with Gasteiger partial charge in [-0.2, -0.15) is 0 Å². The molecule has 0 amide bonds. The van der Waals surface area contributed by atoms with Gasteiger partial charge in [0.2, 0.25) is 0 Å². The number of aryl methyl sites for hydroxylation is 2. The van der Waals surface area contributed by atoms with Gasteiger partial charge in [-0.25, -0.2) is 9.97 Å². The van der Waals surface area contributed by atoms with E-state index in [0.29, 0.717) is 0 Å². The van der Waals surface area contributed by atoms with Crippen LogP contribution in [0.1, 0.15) is 23.4 Å². The van der Waals surface area contributed by atoms with Crippen molar-refractivity contribution in [2.75, 3.05) is 0 Å². The molecule has 3 heteroatoms. The van der Waals surface area contributed by atoms with E-state index < -0.39 is 0 Å². The third-order valence-electron chi connectivity index (χ3n) is 6.39. The fourth-order valence-electron chi connectivity index (χ4n) is 4.76. The Morgan fingerprint density at radius 3 is 2.00 bits per heavy atom. The number of aromatic nitrogens is 3. The Labute approximate surface area is 200 Å². The van der Waals surface area contributed by atoms with E-state index in [2.05, 4.69) is 84.3 Å². The van der Waals surface area contributed by atoms with Crippen LogP contribution in [0, 0.1) is 6.92 Å². The lowest BCUT2D eigenvalue weighted by molar-refractivity contribution is 0.947. The molecule has 0 bridgehead atoms. The van der Waals surface area contributed by atoms with Crippen molar-refractivity contribution in [1.29, 1.82) is 0 Å². The fourth-order valence-corrected chi connectivity index (χ4v) is 4.76. The van der Waals surface area contributed by atoms with E-state index in [1.807, 2.05) is 36.4 Å². The molecule has 3 nitrogen and oxygen atoms in total. The summed E-state index contributed by atoms with van der Waals surface area (Å²) in [5.74, 6) is 0.733. The van der Waals surface area contributed by atoms with Crippen molar-refractivity contribution < 1.29 is 0 Å². The van der Waals surface area contributed by atoms with Crippen LogP contribution in [0.2, 0.25) is 0 Å². The molecule has 1 aliphatic carbocycles. The number of allylic oxidation sites excluding steroid dienone is 1. The standard InChI is InChI=1S/C31H25N3/c1-22-19-25-15-8-9-18-30(25)34(22)27-17-10-16-26(20-27)31-32-28(23-11-4-2-5-12-23)21-29(33-31)24-13-6-3-7-14-24/h2-7,9-14,16-21H,8,15H2,1H3. The molecular weight excluding hydrogens is 414 g/mol. The fraction of sp³-hybridized carbons (Fsp3) is 0.0968. The number of hydrogen-bond acceptors (Lipinski definition) is 2. The smallest absolute Gasteiger partial charge is 0.160 e. The first-order valence-corrected chi connectivity index (χ1v) is 11.7. The average molecular weight is 440 g/mol. The number of hydrogen-bond donors (Lipinski definition) is 0. The Bertz CT molecular complexity index is 1440. The van der Waals surface area contributed by atoms with Gasteiger partial charge in [0.25, 0.3) is 0 Å². The maximum atomic E-state index is 5.00. The zero-order chi connectivity index (χ0) is 22.9. The summed E-state index contributed by atoms with van der Waals surface area (Å²) < 4.78 is 2.34. The van der Waals surface area contributed by atoms with Crippen LogP contribution in [0.15, 0.2) is 103 Å². The molecule has 0 saturated heterocycles. The first-order chi connectivity index (χ1) is 16.8. The third-order valence-corrected chi connectivity index (χ3v) is 6.39. The van der Waals surface area contributed by atoms with Crippen LogP contribution < -0.4 is 0 Å². The Kier molecular flexibility index (Phi) is 5.15. The highest BCUT2D eigenvalue weighted by Gasteiger charge is 2.16. The summed E-state index contributed by atoms with van der Waals surface area (Å²) in [6.45, 7) is 2.18. The summed E-state index contributed by atoms with van der Waals surface area (Å²) in [6.07, 6.45) is 6.72. The quantitative estimate of drug-likeness (QED) is 0.290. The van der Waals surface area contributed by atoms with Gasteiger partial charge in [0.1, 0.15) is 0 Å². The van der Waals surface area contributed by atoms with Crippen molar-refractivity contribution in [3.05, 3.63) is 120 Å². The highest BCUT2D eigenvalue weighted by Crippen LogP contribution is 2.31. The Morgan fingerprint density at radius 1 is 0.676 bits per heavy atom. The van der Waals surface area contributed by atoms with Gasteiger partial charge >= 0.3 is 0 Å². The molecule has 0 saturated carbocycles. The van der Waals surface area contributed by atoms with Crippen molar-refractivity contribution in [1.82, 2.24) is 14.5 Å². The van der Waals surface area contributed by atoms with E-state index >= 15 is 0 Å². The summed E-state index contributed by atoms with van der Waals surface area (Å²) in [4.78, 5) is 9.99. The van der Waals surface area contributed by atoms with Crippen molar-refractivity contribution in [3.63, 3.8) is 0 Å². The average Bonchev–Trinajstić information content (AvgIpc) is 3.25. The van der Waals surface area contributed by atoms with Crippen molar-refractivity contribution in [2.24, 2.45) is 0 Å².